The van der Waals surface area contributed by atoms with E-state index in [1.165, 1.54) is 0 Å². The van der Waals surface area contributed by atoms with Crippen LogP contribution in [0.3, 0.4) is 0 Å². The molecular weight excluding hydrogens is 130 g/mol. The molecule has 0 spiro atoms. The molecule has 0 unspecified atom stereocenters. The van der Waals surface area contributed by atoms with Crippen LogP contribution in [0.5, 0.6) is 0 Å². The van der Waals surface area contributed by atoms with Crippen LogP contribution in [0.2, 0.25) is 0 Å². The van der Waals surface area contributed by atoms with Crippen molar-refractivity contribution in [1.29, 1.82) is 0 Å². The van der Waals surface area contributed by atoms with Gasteiger partial charge in [0.05, 0.1) is 0 Å². The highest BCUT2D eigenvalue weighted by atomic mass is 16.3. The van der Waals surface area contributed by atoms with Crippen molar-refractivity contribution in [3.05, 3.63) is 18.2 Å². The fraction of sp³-hybridized carbons (Fsp3) is 0.500. The molecule has 1 heterocycles. The van der Waals surface area contributed by atoms with Crippen molar-refractivity contribution in [3.63, 3.8) is 0 Å². The molecule has 0 aliphatic carbocycles. The molecule has 1 rings (SSSR count). The Labute approximate surface area is 59.3 Å². The first-order chi connectivity index (χ1) is 4.75. The molecule has 1 atom stereocenters. The summed E-state index contributed by atoms with van der Waals surface area (Å²) in [6, 6.07) is 0. The summed E-state index contributed by atoms with van der Waals surface area (Å²) in [6.45, 7) is 0.213. The normalized spacial score (nSPS) is 13.5. The summed E-state index contributed by atoms with van der Waals surface area (Å²) in [4.78, 5) is 3.92. The molecule has 0 saturated heterocycles. The van der Waals surface area contributed by atoms with Crippen LogP contribution in [0.15, 0.2) is 12.4 Å². The lowest BCUT2D eigenvalue weighted by molar-refractivity contribution is 0.173. The number of nitrogens with two attached hydrogens (primary N) is 1. The first-order valence-electron chi connectivity index (χ1n) is 3.11. The molecule has 0 aliphatic rings. The second-order valence-corrected chi connectivity index (χ2v) is 2.15. The average molecular weight is 141 g/mol. The smallest absolute Gasteiger partial charge is 0.138 e. The summed E-state index contributed by atoms with van der Waals surface area (Å²) < 4.78 is 1.75. The summed E-state index contributed by atoms with van der Waals surface area (Å²) in [5.74, 6) is 0.613. The number of imidazole rings is 1. The van der Waals surface area contributed by atoms with Crippen molar-refractivity contribution in [1.82, 2.24) is 9.55 Å². The Bertz CT molecular complexity index is 209. The van der Waals surface area contributed by atoms with E-state index in [1.807, 2.05) is 7.05 Å². The zero-order valence-corrected chi connectivity index (χ0v) is 5.86. The first-order valence-corrected chi connectivity index (χ1v) is 3.11. The van der Waals surface area contributed by atoms with E-state index in [-0.39, 0.29) is 6.54 Å². The van der Waals surface area contributed by atoms with Gasteiger partial charge in [-0.25, -0.2) is 4.98 Å². The van der Waals surface area contributed by atoms with Gasteiger partial charge in [-0.3, -0.25) is 0 Å². The van der Waals surface area contributed by atoms with Gasteiger partial charge >= 0.3 is 0 Å². The van der Waals surface area contributed by atoms with E-state index in [4.69, 9.17) is 5.73 Å². The van der Waals surface area contributed by atoms with Crippen LogP contribution < -0.4 is 5.73 Å². The summed E-state index contributed by atoms with van der Waals surface area (Å²) >= 11 is 0. The van der Waals surface area contributed by atoms with Gasteiger partial charge in [-0.05, 0) is 0 Å². The van der Waals surface area contributed by atoms with Gasteiger partial charge in [-0.15, -0.1) is 0 Å². The molecule has 0 amide bonds. The third-order valence-corrected chi connectivity index (χ3v) is 1.38. The summed E-state index contributed by atoms with van der Waals surface area (Å²) in [6.07, 6.45) is 2.77. The topological polar surface area (TPSA) is 64.1 Å². The summed E-state index contributed by atoms with van der Waals surface area (Å²) in [7, 11) is 1.82. The molecule has 1 aromatic heterocycles. The molecule has 0 aromatic carbocycles. The maximum Gasteiger partial charge on any atom is 0.138 e. The quantitative estimate of drug-likeness (QED) is 0.578. The first kappa shape index (κ1) is 7.24. The van der Waals surface area contributed by atoms with E-state index in [0.717, 1.165) is 0 Å². The van der Waals surface area contributed by atoms with Gasteiger partial charge in [-0.2, -0.15) is 0 Å². The predicted octanol–water partition coefficient (Wildman–Crippen LogP) is -0.588. The van der Waals surface area contributed by atoms with Crippen molar-refractivity contribution in [2.24, 2.45) is 12.8 Å². The van der Waals surface area contributed by atoms with Crippen LogP contribution in [0.4, 0.5) is 0 Å². The number of hydrogen-bond acceptors (Lipinski definition) is 3. The van der Waals surface area contributed by atoms with E-state index in [1.54, 1.807) is 17.0 Å². The zero-order valence-electron chi connectivity index (χ0n) is 5.86. The van der Waals surface area contributed by atoms with Crippen LogP contribution in [-0.4, -0.2) is 21.2 Å². The number of hydrogen-bond donors (Lipinski definition) is 2. The molecule has 10 heavy (non-hydrogen) atoms. The lowest BCUT2D eigenvalue weighted by atomic mass is 10.3. The van der Waals surface area contributed by atoms with Crippen molar-refractivity contribution in [3.8, 4) is 0 Å². The maximum atomic E-state index is 9.19. The number of rotatable bonds is 2. The molecule has 3 N–H and O–H groups in total. The minimum atomic E-state index is -0.639. The standard InChI is InChI=1S/C6H11N3O/c1-9-3-2-8-6(9)5(10)4-7/h2-3,5,10H,4,7H2,1H3/t5-/m0/s1. The van der Waals surface area contributed by atoms with Crippen LogP contribution in [0.1, 0.15) is 11.9 Å². The van der Waals surface area contributed by atoms with Crippen LogP contribution in [0, 0.1) is 0 Å². The maximum absolute atomic E-state index is 9.19. The molecule has 0 radical (unpaired) electrons. The molecule has 56 valence electrons. The van der Waals surface area contributed by atoms with E-state index >= 15 is 0 Å². The molecule has 0 saturated carbocycles. The average Bonchev–Trinajstić information content (AvgIpc) is 2.34. The monoisotopic (exact) mass is 141 g/mol. The molecule has 1 aromatic rings. The van der Waals surface area contributed by atoms with Gasteiger partial charge in [0.1, 0.15) is 11.9 Å². The van der Waals surface area contributed by atoms with Crippen molar-refractivity contribution >= 4 is 0 Å². The molecule has 4 heteroatoms. The number of aliphatic hydroxyl groups excluding tert-OH is 1. The molecule has 4 nitrogen and oxygen atoms in total. The molecular formula is C6H11N3O. The predicted molar refractivity (Wildman–Crippen MR) is 37.2 cm³/mol. The van der Waals surface area contributed by atoms with Crippen LogP contribution in [-0.2, 0) is 7.05 Å². The third-order valence-electron chi connectivity index (χ3n) is 1.38. The fourth-order valence-corrected chi connectivity index (χ4v) is 0.804. The second-order valence-electron chi connectivity index (χ2n) is 2.15. The minimum absolute atomic E-state index is 0.213. The third kappa shape index (κ3) is 1.17. The van der Waals surface area contributed by atoms with Gasteiger partial charge in [0, 0.05) is 26.0 Å². The van der Waals surface area contributed by atoms with E-state index in [0.29, 0.717) is 5.82 Å². The highest BCUT2D eigenvalue weighted by Crippen LogP contribution is 2.05. The fourth-order valence-electron chi connectivity index (χ4n) is 0.804. The molecule has 0 aliphatic heterocycles. The molecule has 0 fully saturated rings. The summed E-state index contributed by atoms with van der Waals surface area (Å²) in [5, 5.41) is 9.19. The lowest BCUT2D eigenvalue weighted by Crippen LogP contribution is -2.15. The van der Waals surface area contributed by atoms with Gasteiger partial charge < -0.3 is 15.4 Å². The Morgan fingerprint density at radius 1 is 1.90 bits per heavy atom. The summed E-state index contributed by atoms with van der Waals surface area (Å²) in [5.41, 5.74) is 5.23. The lowest BCUT2D eigenvalue weighted by Gasteiger charge is -2.05. The van der Waals surface area contributed by atoms with Crippen LogP contribution in [0.25, 0.3) is 0 Å². The van der Waals surface area contributed by atoms with Crippen molar-refractivity contribution in [2.75, 3.05) is 6.54 Å². The van der Waals surface area contributed by atoms with Gasteiger partial charge in [-0.1, -0.05) is 0 Å². The second kappa shape index (κ2) is 2.81. The number of nitrogens with zero attached hydrogens (tertiary/aromatic N) is 2. The van der Waals surface area contributed by atoms with Crippen molar-refractivity contribution in [2.45, 2.75) is 6.10 Å². The minimum Gasteiger partial charge on any atom is -0.384 e. The largest absolute Gasteiger partial charge is 0.384 e. The van der Waals surface area contributed by atoms with E-state index < -0.39 is 6.10 Å². The zero-order chi connectivity index (χ0) is 7.56. The van der Waals surface area contributed by atoms with Crippen LogP contribution >= 0.6 is 0 Å². The van der Waals surface area contributed by atoms with Gasteiger partial charge in [0.2, 0.25) is 0 Å². The number of aliphatic hydroxyl groups is 1. The number of aryl methyl sites for hydroxylation is 1. The van der Waals surface area contributed by atoms with E-state index in [2.05, 4.69) is 4.98 Å². The van der Waals surface area contributed by atoms with E-state index in [9.17, 15) is 5.11 Å². The Balaban J connectivity index is 2.82. The Kier molecular flexibility index (Phi) is 2.03. The number of aromatic nitrogens is 2. The Morgan fingerprint density at radius 3 is 3.00 bits per heavy atom. The Hall–Kier alpha value is -0.870. The highest BCUT2D eigenvalue weighted by Gasteiger charge is 2.08. The highest BCUT2D eigenvalue weighted by molar-refractivity contribution is 4.95. The Morgan fingerprint density at radius 2 is 2.60 bits per heavy atom. The SMILES string of the molecule is Cn1ccnc1[C@@H](O)CN. The van der Waals surface area contributed by atoms with Gasteiger partial charge in [0.15, 0.2) is 0 Å². The molecule has 0 bridgehead atoms. The van der Waals surface area contributed by atoms with Crippen molar-refractivity contribution < 1.29 is 5.11 Å². The van der Waals surface area contributed by atoms with Gasteiger partial charge in [0.25, 0.3) is 0 Å².